The number of hydrogen-bond acceptors (Lipinski definition) is 3. The van der Waals surface area contributed by atoms with Crippen molar-refractivity contribution in [2.45, 2.75) is 25.0 Å². The van der Waals surface area contributed by atoms with Gasteiger partial charge in [0.25, 0.3) is 0 Å². The zero-order valence-electron chi connectivity index (χ0n) is 28.4. The Morgan fingerprint density at radius 2 is 1.12 bits per heavy atom. The summed E-state index contributed by atoms with van der Waals surface area (Å²) < 4.78 is 0. The molecule has 52 heavy (non-hydrogen) atoms. The van der Waals surface area contributed by atoms with Crippen molar-refractivity contribution in [1.82, 2.24) is 0 Å². The Balaban J connectivity index is 1.26. The molecule has 10 rings (SSSR count). The second-order valence-corrected chi connectivity index (χ2v) is 15.5. The van der Waals surface area contributed by atoms with Crippen molar-refractivity contribution in [2.75, 3.05) is 4.90 Å². The van der Waals surface area contributed by atoms with Gasteiger partial charge < -0.3 is 4.90 Å². The average molecular weight is 700 g/mol. The van der Waals surface area contributed by atoms with E-state index in [1.165, 1.54) is 64.1 Å². The van der Waals surface area contributed by atoms with Crippen LogP contribution in [0.5, 0.6) is 0 Å². The maximum Gasteiger partial charge on any atom is 0.0751 e. The van der Waals surface area contributed by atoms with Gasteiger partial charge in [0.1, 0.15) is 0 Å². The second-order valence-electron chi connectivity index (χ2n) is 13.3. The second kappa shape index (κ2) is 12.5. The first-order valence-electron chi connectivity index (χ1n) is 17.6. The fraction of sp³-hybridized carbons (Fsp3) is 0.0204. The third-order valence-corrected chi connectivity index (χ3v) is 12.9. The quantitative estimate of drug-likeness (QED) is 0.181. The molecular formula is C49H33NS2. The molecule has 0 saturated heterocycles. The van der Waals surface area contributed by atoms with Gasteiger partial charge >= 0.3 is 0 Å². The third kappa shape index (κ3) is 4.74. The van der Waals surface area contributed by atoms with Crippen molar-refractivity contribution in [1.29, 1.82) is 0 Å². The summed E-state index contributed by atoms with van der Waals surface area (Å²) in [4.78, 5) is 7.45. The van der Waals surface area contributed by atoms with Gasteiger partial charge in [0, 0.05) is 37.0 Å². The molecule has 246 valence electrons. The Kier molecular flexibility index (Phi) is 7.45. The molecule has 7 aromatic rings. The molecule has 3 aliphatic heterocycles. The topological polar surface area (TPSA) is 3.24 Å². The lowest BCUT2D eigenvalue weighted by Gasteiger charge is -2.47. The van der Waals surface area contributed by atoms with Gasteiger partial charge in [-0.15, -0.1) is 0 Å². The minimum atomic E-state index is -0.526. The van der Waals surface area contributed by atoms with Gasteiger partial charge in [-0.2, -0.15) is 0 Å². The maximum atomic E-state index is 4.54. The SMILES string of the molecule is C=C1/C=C\C=C/N(c2ccccc2)c2ccc(-c3cccc4c3Sc3ccccc3C43c4ccccc4Sc4cccc(-c5ccccc5)c43)cc21. The molecule has 0 radical (unpaired) electrons. The van der Waals surface area contributed by atoms with Crippen molar-refractivity contribution in [3.05, 3.63) is 223 Å². The van der Waals surface area contributed by atoms with Crippen LogP contribution in [0.15, 0.2) is 214 Å². The lowest BCUT2D eigenvalue weighted by atomic mass is 9.62. The van der Waals surface area contributed by atoms with Gasteiger partial charge in [0.2, 0.25) is 0 Å². The van der Waals surface area contributed by atoms with E-state index < -0.39 is 5.41 Å². The van der Waals surface area contributed by atoms with Gasteiger partial charge in [0.05, 0.1) is 11.1 Å². The lowest BCUT2D eigenvalue weighted by molar-refractivity contribution is 0.669. The number of anilines is 2. The van der Waals surface area contributed by atoms with E-state index in [4.69, 9.17) is 0 Å². The van der Waals surface area contributed by atoms with Crippen molar-refractivity contribution in [2.24, 2.45) is 0 Å². The highest BCUT2D eigenvalue weighted by molar-refractivity contribution is 8.00. The van der Waals surface area contributed by atoms with Crippen molar-refractivity contribution in [3.8, 4) is 22.3 Å². The highest BCUT2D eigenvalue weighted by atomic mass is 32.2. The average Bonchev–Trinajstić information content (AvgIpc) is 3.20. The number of allylic oxidation sites excluding steroid dienone is 4. The first kappa shape index (κ1) is 31.0. The summed E-state index contributed by atoms with van der Waals surface area (Å²) in [5.74, 6) is 0. The summed E-state index contributed by atoms with van der Waals surface area (Å²) in [5.41, 5.74) is 14.1. The molecule has 3 heteroatoms. The summed E-state index contributed by atoms with van der Waals surface area (Å²) in [7, 11) is 0. The molecule has 0 bridgehead atoms. The smallest absolute Gasteiger partial charge is 0.0751 e. The van der Waals surface area contributed by atoms with E-state index in [-0.39, 0.29) is 0 Å². The van der Waals surface area contributed by atoms with Crippen LogP contribution < -0.4 is 4.90 Å². The normalized spacial score (nSPS) is 17.8. The van der Waals surface area contributed by atoms with Crippen LogP contribution >= 0.6 is 23.5 Å². The summed E-state index contributed by atoms with van der Waals surface area (Å²) in [6.45, 7) is 4.54. The molecule has 0 aromatic heterocycles. The predicted molar refractivity (Wildman–Crippen MR) is 220 cm³/mol. The molecule has 0 N–H and O–H groups in total. The molecule has 0 fully saturated rings. The van der Waals surface area contributed by atoms with Gasteiger partial charge in [-0.3, -0.25) is 0 Å². The third-order valence-electron chi connectivity index (χ3n) is 10.5. The Labute approximate surface area is 313 Å². The van der Waals surface area contributed by atoms with E-state index in [1.54, 1.807) is 0 Å². The first-order chi connectivity index (χ1) is 25.7. The highest BCUT2D eigenvalue weighted by Gasteiger charge is 2.50. The first-order valence-corrected chi connectivity index (χ1v) is 19.2. The molecule has 1 unspecified atom stereocenters. The summed E-state index contributed by atoms with van der Waals surface area (Å²) in [6.07, 6.45) is 8.41. The van der Waals surface area contributed by atoms with E-state index in [0.29, 0.717) is 0 Å². The molecular weight excluding hydrogens is 667 g/mol. The Bertz CT molecular complexity index is 2590. The molecule has 0 aliphatic carbocycles. The predicted octanol–water partition coefficient (Wildman–Crippen LogP) is 13.6. The van der Waals surface area contributed by atoms with E-state index in [2.05, 4.69) is 200 Å². The number of nitrogens with zero attached hydrogens (tertiary/aromatic N) is 1. The van der Waals surface area contributed by atoms with Crippen molar-refractivity contribution >= 4 is 40.5 Å². The largest absolute Gasteiger partial charge is 0.317 e. The molecule has 3 aliphatic rings. The Morgan fingerprint density at radius 1 is 0.481 bits per heavy atom. The molecule has 3 heterocycles. The minimum absolute atomic E-state index is 0.526. The van der Waals surface area contributed by atoms with Crippen LogP contribution in [0.2, 0.25) is 0 Å². The Morgan fingerprint density at radius 3 is 1.90 bits per heavy atom. The fourth-order valence-electron chi connectivity index (χ4n) is 8.29. The van der Waals surface area contributed by atoms with Crippen molar-refractivity contribution in [3.63, 3.8) is 0 Å². The van der Waals surface area contributed by atoms with Gasteiger partial charge in [0.15, 0.2) is 0 Å². The van der Waals surface area contributed by atoms with Crippen LogP contribution in [-0.4, -0.2) is 0 Å². The van der Waals surface area contributed by atoms with Crippen LogP contribution in [0.1, 0.15) is 27.8 Å². The summed E-state index contributed by atoms with van der Waals surface area (Å²) >= 11 is 3.79. The molecule has 7 aromatic carbocycles. The number of hydrogen-bond donors (Lipinski definition) is 0. The summed E-state index contributed by atoms with van der Waals surface area (Å²) in [6, 6.07) is 60.3. The van der Waals surface area contributed by atoms with E-state index in [9.17, 15) is 0 Å². The molecule has 1 atom stereocenters. The zero-order chi connectivity index (χ0) is 34.6. The monoisotopic (exact) mass is 699 g/mol. The van der Waals surface area contributed by atoms with Crippen LogP contribution in [0, 0.1) is 0 Å². The molecule has 0 amide bonds. The maximum absolute atomic E-state index is 4.54. The van der Waals surface area contributed by atoms with Crippen molar-refractivity contribution < 1.29 is 0 Å². The van der Waals surface area contributed by atoms with E-state index in [0.717, 1.165) is 22.5 Å². The van der Waals surface area contributed by atoms with Gasteiger partial charge in [-0.05, 0) is 98.6 Å². The van der Waals surface area contributed by atoms with Crippen LogP contribution in [0.4, 0.5) is 11.4 Å². The lowest BCUT2D eigenvalue weighted by Crippen LogP contribution is -2.37. The zero-order valence-corrected chi connectivity index (χ0v) is 30.0. The van der Waals surface area contributed by atoms with Crippen LogP contribution in [-0.2, 0) is 5.41 Å². The number of benzene rings is 7. The summed E-state index contributed by atoms with van der Waals surface area (Å²) in [5, 5.41) is 0. The van der Waals surface area contributed by atoms with E-state index in [1.807, 2.05) is 23.5 Å². The minimum Gasteiger partial charge on any atom is -0.317 e. The Hall–Kier alpha value is -5.74. The molecule has 1 spiro atoms. The number of rotatable bonds is 3. The van der Waals surface area contributed by atoms with Gasteiger partial charge in [-0.1, -0.05) is 164 Å². The standard InChI is InChI=1S/C49H33NS2/c1-33-16-12-13-31-50(36-19-6-3-7-20-36)43-30-29-35(32-39(33)43)38-22-14-25-42-48(38)52-45-27-11-9-24-41(45)49(42)40-23-8-10-26-44(40)51-46-28-15-21-37(47(46)49)34-17-4-2-5-18-34/h2-32H,1H2/b16-12-,31-13-. The van der Waals surface area contributed by atoms with Crippen LogP contribution in [0.3, 0.4) is 0 Å². The number of fused-ring (bicyclic) bond motifs is 9. The number of para-hydroxylation sites is 1. The fourth-order valence-corrected chi connectivity index (χ4v) is 10.8. The molecule has 0 saturated carbocycles. The molecule has 1 nitrogen and oxygen atoms in total. The van der Waals surface area contributed by atoms with Gasteiger partial charge in [-0.25, -0.2) is 0 Å². The highest BCUT2D eigenvalue weighted by Crippen LogP contribution is 2.64. The van der Waals surface area contributed by atoms with E-state index >= 15 is 0 Å². The van der Waals surface area contributed by atoms with Crippen LogP contribution in [0.25, 0.3) is 27.8 Å².